The lowest BCUT2D eigenvalue weighted by Crippen LogP contribution is -1.95. The third-order valence-corrected chi connectivity index (χ3v) is 2.60. The molecule has 0 bridgehead atoms. The van der Waals surface area contributed by atoms with E-state index in [0.717, 1.165) is 16.5 Å². The molecule has 0 saturated heterocycles. The monoisotopic (exact) mass is 206 g/mol. The van der Waals surface area contributed by atoms with Crippen LogP contribution in [0.1, 0.15) is 16.5 Å². The van der Waals surface area contributed by atoms with Crippen LogP contribution in [-0.2, 0) is 0 Å². The third-order valence-electron chi connectivity index (χ3n) is 1.80. The summed E-state index contributed by atoms with van der Waals surface area (Å²) in [6.45, 7) is 3.76. The van der Waals surface area contributed by atoms with E-state index in [0.29, 0.717) is 0 Å². The molecule has 0 aromatic carbocycles. The summed E-state index contributed by atoms with van der Waals surface area (Å²) in [6.07, 6.45) is 1.81. The Morgan fingerprint density at radius 1 is 1.36 bits per heavy atom. The lowest BCUT2D eigenvalue weighted by Gasteiger charge is -1.95. The zero-order valence-electron chi connectivity index (χ0n) is 8.01. The van der Waals surface area contributed by atoms with Gasteiger partial charge in [-0.25, -0.2) is 4.68 Å². The highest BCUT2D eigenvalue weighted by molar-refractivity contribution is 7.11. The number of thiophene rings is 1. The minimum atomic E-state index is 0.801. The lowest BCUT2D eigenvalue weighted by atomic mass is 10.5. The Morgan fingerprint density at radius 2 is 2.07 bits per heavy atom. The van der Waals surface area contributed by atoms with E-state index >= 15 is 0 Å². The van der Waals surface area contributed by atoms with Crippen LogP contribution in [0.25, 0.3) is 0 Å². The Bertz CT molecular complexity index is 422. The number of aryl methyl sites for hydroxylation is 2. The summed E-state index contributed by atoms with van der Waals surface area (Å²) >= 11 is 1.65. The second-order valence-electron chi connectivity index (χ2n) is 2.87. The quantitative estimate of drug-likeness (QED) is 0.704. The molecule has 0 N–H and O–H groups in total. The van der Waals surface area contributed by atoms with Crippen molar-refractivity contribution in [2.45, 2.75) is 13.8 Å². The van der Waals surface area contributed by atoms with Crippen molar-refractivity contribution in [3.05, 3.63) is 34.0 Å². The molecule has 0 unspecified atom stereocenters. The van der Waals surface area contributed by atoms with Crippen LogP contribution >= 0.6 is 11.3 Å². The Morgan fingerprint density at radius 3 is 2.64 bits per heavy atom. The second kappa shape index (κ2) is 3.71. The standard InChI is InChI=1S/C9H10N4S/c1-7-11-12-8(2)13(7)10-6-9-4-3-5-14-9/h3-6H,1-2H3. The number of nitrogens with zero attached hydrogens (tertiary/aromatic N) is 4. The van der Waals surface area contributed by atoms with Crippen molar-refractivity contribution < 1.29 is 0 Å². The molecule has 2 heterocycles. The van der Waals surface area contributed by atoms with Gasteiger partial charge in [0, 0.05) is 4.88 Å². The summed E-state index contributed by atoms with van der Waals surface area (Å²) in [7, 11) is 0. The van der Waals surface area contributed by atoms with Crippen LogP contribution in [0.3, 0.4) is 0 Å². The average molecular weight is 206 g/mol. The first-order chi connectivity index (χ1) is 6.77. The van der Waals surface area contributed by atoms with Crippen molar-refractivity contribution in [1.29, 1.82) is 0 Å². The van der Waals surface area contributed by atoms with Crippen molar-refractivity contribution in [2.24, 2.45) is 5.10 Å². The van der Waals surface area contributed by atoms with E-state index in [2.05, 4.69) is 15.3 Å². The average Bonchev–Trinajstić information content (AvgIpc) is 2.76. The molecule has 2 aromatic heterocycles. The van der Waals surface area contributed by atoms with E-state index in [-0.39, 0.29) is 0 Å². The molecule has 4 nitrogen and oxygen atoms in total. The van der Waals surface area contributed by atoms with Crippen LogP contribution < -0.4 is 0 Å². The van der Waals surface area contributed by atoms with Gasteiger partial charge in [0.15, 0.2) is 11.6 Å². The van der Waals surface area contributed by atoms with Crippen LogP contribution in [0.2, 0.25) is 0 Å². The van der Waals surface area contributed by atoms with Gasteiger partial charge in [0.2, 0.25) is 0 Å². The van der Waals surface area contributed by atoms with Gasteiger partial charge in [0.05, 0.1) is 6.21 Å². The van der Waals surface area contributed by atoms with E-state index in [4.69, 9.17) is 0 Å². The van der Waals surface area contributed by atoms with Gasteiger partial charge in [-0.1, -0.05) is 6.07 Å². The molecule has 2 rings (SSSR count). The fourth-order valence-electron chi connectivity index (χ4n) is 1.11. The molecule has 0 saturated carbocycles. The molecule has 0 spiro atoms. The van der Waals surface area contributed by atoms with E-state index in [1.807, 2.05) is 37.6 Å². The summed E-state index contributed by atoms with van der Waals surface area (Å²) in [5, 5.41) is 14.1. The van der Waals surface area contributed by atoms with Gasteiger partial charge < -0.3 is 0 Å². The molecule has 0 atom stereocenters. The van der Waals surface area contributed by atoms with Crippen molar-refractivity contribution in [3.8, 4) is 0 Å². The van der Waals surface area contributed by atoms with Crippen molar-refractivity contribution in [1.82, 2.24) is 14.9 Å². The van der Waals surface area contributed by atoms with Crippen molar-refractivity contribution in [2.75, 3.05) is 0 Å². The van der Waals surface area contributed by atoms with Gasteiger partial charge in [0.1, 0.15) is 0 Å². The molecule has 14 heavy (non-hydrogen) atoms. The summed E-state index contributed by atoms with van der Waals surface area (Å²) in [6, 6.07) is 4.01. The predicted molar refractivity (Wildman–Crippen MR) is 56.8 cm³/mol. The first-order valence-electron chi connectivity index (χ1n) is 4.24. The largest absolute Gasteiger partial charge is 0.202 e. The molecule has 5 heteroatoms. The fourth-order valence-corrected chi connectivity index (χ4v) is 1.69. The van der Waals surface area contributed by atoms with Crippen molar-refractivity contribution in [3.63, 3.8) is 0 Å². The minimum Gasteiger partial charge on any atom is -0.202 e. The molecule has 2 aromatic rings. The summed E-state index contributed by atoms with van der Waals surface area (Å²) in [4.78, 5) is 1.12. The fraction of sp³-hybridized carbons (Fsp3) is 0.222. The first kappa shape index (κ1) is 9.08. The Labute approximate surface area is 85.9 Å². The normalized spacial score (nSPS) is 11.3. The van der Waals surface area contributed by atoms with Crippen LogP contribution in [0, 0.1) is 13.8 Å². The maximum Gasteiger partial charge on any atom is 0.151 e. The molecule has 0 aliphatic rings. The highest BCUT2D eigenvalue weighted by atomic mass is 32.1. The number of hydrogen-bond donors (Lipinski definition) is 0. The smallest absolute Gasteiger partial charge is 0.151 e. The number of aromatic nitrogens is 3. The summed E-state index contributed by atoms with van der Waals surface area (Å²) in [5.41, 5.74) is 0. The van der Waals surface area contributed by atoms with Crippen LogP contribution in [0.4, 0.5) is 0 Å². The first-order valence-corrected chi connectivity index (χ1v) is 5.12. The molecular weight excluding hydrogens is 196 g/mol. The number of rotatable bonds is 2. The molecule has 0 aliphatic carbocycles. The van der Waals surface area contributed by atoms with E-state index in [9.17, 15) is 0 Å². The van der Waals surface area contributed by atoms with E-state index in [1.165, 1.54) is 0 Å². The maximum atomic E-state index is 4.28. The Balaban J connectivity index is 2.26. The van der Waals surface area contributed by atoms with Crippen molar-refractivity contribution >= 4 is 17.6 Å². The highest BCUT2D eigenvalue weighted by Gasteiger charge is 2.00. The SMILES string of the molecule is Cc1nnc(C)n1N=Cc1cccs1. The molecule has 0 fully saturated rings. The van der Waals surface area contributed by atoms with E-state index < -0.39 is 0 Å². The third kappa shape index (κ3) is 1.72. The maximum absolute atomic E-state index is 4.28. The zero-order chi connectivity index (χ0) is 9.97. The van der Waals surface area contributed by atoms with Crippen LogP contribution in [0.15, 0.2) is 22.6 Å². The van der Waals surface area contributed by atoms with Crippen LogP contribution in [0.5, 0.6) is 0 Å². The zero-order valence-corrected chi connectivity index (χ0v) is 8.82. The molecule has 0 aliphatic heterocycles. The lowest BCUT2D eigenvalue weighted by molar-refractivity contribution is 0.799. The van der Waals surface area contributed by atoms with Gasteiger partial charge in [-0.15, -0.1) is 21.5 Å². The van der Waals surface area contributed by atoms with Gasteiger partial charge in [-0.3, -0.25) is 0 Å². The van der Waals surface area contributed by atoms with Gasteiger partial charge in [0.25, 0.3) is 0 Å². The van der Waals surface area contributed by atoms with Crippen LogP contribution in [-0.4, -0.2) is 21.1 Å². The molecular formula is C9H10N4S. The minimum absolute atomic E-state index is 0.801. The molecule has 0 amide bonds. The van der Waals surface area contributed by atoms with E-state index in [1.54, 1.807) is 16.0 Å². The highest BCUT2D eigenvalue weighted by Crippen LogP contribution is 2.06. The van der Waals surface area contributed by atoms with Gasteiger partial charge in [-0.2, -0.15) is 5.10 Å². The topological polar surface area (TPSA) is 43.1 Å². The van der Waals surface area contributed by atoms with Gasteiger partial charge in [-0.05, 0) is 25.3 Å². The summed E-state index contributed by atoms with van der Waals surface area (Å²) in [5.74, 6) is 1.60. The Kier molecular flexibility index (Phi) is 2.41. The van der Waals surface area contributed by atoms with Gasteiger partial charge >= 0.3 is 0 Å². The summed E-state index contributed by atoms with van der Waals surface area (Å²) < 4.78 is 1.72. The Hall–Kier alpha value is -1.49. The molecule has 72 valence electrons. The predicted octanol–water partition coefficient (Wildman–Crippen LogP) is 1.84. The molecule has 0 radical (unpaired) electrons. The second-order valence-corrected chi connectivity index (χ2v) is 3.85. The number of hydrogen-bond acceptors (Lipinski definition) is 4.